The Kier molecular flexibility index (Phi) is 6.41. The summed E-state index contributed by atoms with van der Waals surface area (Å²) in [5.74, 6) is -1.13. The Labute approximate surface area is 232 Å². The number of rotatable bonds is 10. The second-order valence-corrected chi connectivity index (χ2v) is 12.0. The summed E-state index contributed by atoms with van der Waals surface area (Å²) < 4.78 is 37.6. The number of benzene rings is 2. The largest absolute Gasteiger partial charge is 0.395 e. The molecule has 6 bridgehead atoms. The molecule has 10 nitrogen and oxygen atoms in total. The van der Waals surface area contributed by atoms with Crippen LogP contribution in [0.25, 0.3) is 0 Å². The average Bonchev–Trinajstić information content (AvgIpc) is 3.17. The van der Waals surface area contributed by atoms with Crippen LogP contribution in [0, 0.1) is 11.3 Å². The molecule has 0 spiro atoms. The van der Waals surface area contributed by atoms with Crippen LogP contribution >= 0.6 is 0 Å². The third-order valence-electron chi connectivity index (χ3n) is 9.90. The molecule has 0 aromatic heterocycles. The van der Waals surface area contributed by atoms with Crippen LogP contribution < -0.4 is 0 Å². The molecule has 3 aliphatic carbocycles. The van der Waals surface area contributed by atoms with Gasteiger partial charge in [0, 0.05) is 12.3 Å². The fraction of sp³-hybridized carbons (Fsp3) is 0.600. The van der Waals surface area contributed by atoms with E-state index in [0.29, 0.717) is 26.1 Å². The highest BCUT2D eigenvalue weighted by Crippen LogP contribution is 2.82. The van der Waals surface area contributed by atoms with Crippen molar-refractivity contribution in [2.24, 2.45) is 11.3 Å². The number of hydrogen-bond acceptors (Lipinski definition) is 10. The van der Waals surface area contributed by atoms with Crippen molar-refractivity contribution >= 4 is 0 Å². The standard InChI is InChI=1S/C30H36O10/c1-27-16-29(36-14-19-10-6-3-7-11-19)21-12-30(27,28(21,17-31)26(39-27)40-29)38-25-24(34)23(33)22(32)20(37-25)15-35-13-18-8-4-2-5-9-18/h2-11,20-26,31-34H,12-17H2,1H3/t20-,21-,22-,23+,24-,25+,26-,27+,28+,29-,30+/m1/s1. The van der Waals surface area contributed by atoms with E-state index in [-0.39, 0.29) is 19.1 Å². The normalized spacial score (nSPS) is 46.5. The SMILES string of the molecule is C[C@@]12C[C@@]3(OCc4ccccc4)O[C@@H](O1)[C@]1(CO)[C@H]3C[C@@]12O[C@@H]1O[C@H](COCc2ccccc2)[C@@H](O)[C@H](O)[C@H]1O. The number of hydrogen-bond donors (Lipinski definition) is 4. The molecule has 0 amide bonds. The minimum atomic E-state index is -1.52. The second-order valence-electron chi connectivity index (χ2n) is 12.0. The van der Waals surface area contributed by atoms with Gasteiger partial charge in [-0.15, -0.1) is 0 Å². The van der Waals surface area contributed by atoms with E-state index in [2.05, 4.69) is 0 Å². The summed E-state index contributed by atoms with van der Waals surface area (Å²) in [6.45, 7) is 2.28. The highest BCUT2D eigenvalue weighted by molar-refractivity contribution is 5.37. The van der Waals surface area contributed by atoms with Gasteiger partial charge in [0.2, 0.25) is 0 Å². The van der Waals surface area contributed by atoms with E-state index in [9.17, 15) is 20.4 Å². The van der Waals surface area contributed by atoms with Gasteiger partial charge in [0.1, 0.15) is 35.6 Å². The lowest BCUT2D eigenvalue weighted by molar-refractivity contribution is -0.432. The first-order chi connectivity index (χ1) is 19.3. The molecule has 2 aromatic carbocycles. The molecular formula is C30H36O10. The van der Waals surface area contributed by atoms with Crippen molar-refractivity contribution in [1.29, 1.82) is 0 Å². The van der Waals surface area contributed by atoms with Crippen LogP contribution in [0.3, 0.4) is 0 Å². The molecule has 7 aliphatic rings. The number of aliphatic hydroxyl groups is 4. The Morgan fingerprint density at radius 3 is 2.23 bits per heavy atom. The molecule has 0 unspecified atom stereocenters. The third-order valence-corrected chi connectivity index (χ3v) is 9.90. The summed E-state index contributed by atoms with van der Waals surface area (Å²) in [5, 5.41) is 43.0. The fourth-order valence-electron chi connectivity index (χ4n) is 7.85. The first-order valence-corrected chi connectivity index (χ1v) is 13.9. The Bertz CT molecular complexity index is 1220. The molecule has 4 heterocycles. The Balaban J connectivity index is 1.09. The molecular weight excluding hydrogens is 520 g/mol. The van der Waals surface area contributed by atoms with Gasteiger partial charge in [0.15, 0.2) is 18.4 Å². The van der Waals surface area contributed by atoms with Crippen LogP contribution in [0.2, 0.25) is 0 Å². The van der Waals surface area contributed by atoms with Crippen molar-refractivity contribution in [2.45, 2.75) is 87.0 Å². The number of ether oxygens (including phenoxy) is 6. The van der Waals surface area contributed by atoms with E-state index in [4.69, 9.17) is 28.4 Å². The molecule has 10 heteroatoms. The summed E-state index contributed by atoms with van der Waals surface area (Å²) in [6.07, 6.45) is -6.56. The Hall–Kier alpha value is -1.96. The van der Waals surface area contributed by atoms with Crippen molar-refractivity contribution in [1.82, 2.24) is 0 Å². The van der Waals surface area contributed by atoms with Gasteiger partial charge < -0.3 is 48.8 Å². The topological polar surface area (TPSA) is 136 Å². The molecule has 11 atom stereocenters. The van der Waals surface area contributed by atoms with Gasteiger partial charge in [0.25, 0.3) is 0 Å². The molecule has 4 N–H and O–H groups in total. The van der Waals surface area contributed by atoms with Gasteiger partial charge in [0.05, 0.1) is 31.8 Å². The van der Waals surface area contributed by atoms with Crippen molar-refractivity contribution in [3.05, 3.63) is 71.8 Å². The van der Waals surface area contributed by atoms with Gasteiger partial charge in [-0.05, 0) is 24.5 Å². The first-order valence-electron chi connectivity index (χ1n) is 13.9. The Morgan fingerprint density at radius 2 is 1.55 bits per heavy atom. The van der Waals surface area contributed by atoms with Gasteiger partial charge in [-0.25, -0.2) is 0 Å². The maximum atomic E-state index is 10.9. The van der Waals surface area contributed by atoms with Crippen LogP contribution in [0.4, 0.5) is 0 Å². The summed E-state index contributed by atoms with van der Waals surface area (Å²) >= 11 is 0. The molecule has 7 fully saturated rings. The minimum Gasteiger partial charge on any atom is -0.395 e. The van der Waals surface area contributed by atoms with Crippen LogP contribution in [0.1, 0.15) is 30.9 Å². The van der Waals surface area contributed by atoms with Gasteiger partial charge in [-0.1, -0.05) is 60.7 Å². The lowest BCUT2D eigenvalue weighted by atomic mass is 9.41. The lowest BCUT2D eigenvalue weighted by Crippen LogP contribution is -2.81. The third kappa shape index (κ3) is 3.59. The predicted octanol–water partition coefficient (Wildman–Crippen LogP) is 1.23. The quantitative estimate of drug-likeness (QED) is 0.338. The van der Waals surface area contributed by atoms with Gasteiger partial charge >= 0.3 is 0 Å². The van der Waals surface area contributed by atoms with E-state index < -0.39 is 59.4 Å². The van der Waals surface area contributed by atoms with E-state index in [1.54, 1.807) is 0 Å². The molecule has 2 aromatic rings. The van der Waals surface area contributed by atoms with Gasteiger partial charge in [-0.2, -0.15) is 0 Å². The van der Waals surface area contributed by atoms with E-state index in [1.807, 2.05) is 67.6 Å². The van der Waals surface area contributed by atoms with Crippen LogP contribution in [0.15, 0.2) is 60.7 Å². The van der Waals surface area contributed by atoms with Crippen molar-refractivity contribution in [2.75, 3.05) is 13.2 Å². The molecule has 0 radical (unpaired) electrons. The fourth-order valence-corrected chi connectivity index (χ4v) is 7.85. The predicted molar refractivity (Wildman–Crippen MR) is 137 cm³/mol. The van der Waals surface area contributed by atoms with Crippen molar-refractivity contribution < 1.29 is 48.8 Å². The lowest BCUT2D eigenvalue weighted by Gasteiger charge is -2.68. The summed E-state index contributed by atoms with van der Waals surface area (Å²) in [6, 6.07) is 19.4. The van der Waals surface area contributed by atoms with E-state index >= 15 is 0 Å². The van der Waals surface area contributed by atoms with Gasteiger partial charge in [-0.3, -0.25) is 0 Å². The minimum absolute atomic E-state index is 0.0175. The van der Waals surface area contributed by atoms with Crippen LogP contribution in [-0.4, -0.2) is 87.6 Å². The zero-order chi connectivity index (χ0) is 27.8. The van der Waals surface area contributed by atoms with Crippen LogP contribution in [-0.2, 0) is 41.6 Å². The average molecular weight is 557 g/mol. The molecule has 9 rings (SSSR count). The van der Waals surface area contributed by atoms with E-state index in [1.165, 1.54) is 0 Å². The highest BCUT2D eigenvalue weighted by atomic mass is 16.8. The summed E-state index contributed by atoms with van der Waals surface area (Å²) in [4.78, 5) is 0. The van der Waals surface area contributed by atoms with E-state index in [0.717, 1.165) is 11.1 Å². The summed E-state index contributed by atoms with van der Waals surface area (Å²) in [7, 11) is 0. The maximum Gasteiger partial charge on any atom is 0.187 e. The Morgan fingerprint density at radius 1 is 0.875 bits per heavy atom. The molecule has 40 heavy (non-hydrogen) atoms. The smallest absolute Gasteiger partial charge is 0.187 e. The maximum absolute atomic E-state index is 10.9. The molecule has 4 saturated heterocycles. The monoisotopic (exact) mass is 556 g/mol. The van der Waals surface area contributed by atoms with Crippen molar-refractivity contribution in [3.8, 4) is 0 Å². The second kappa shape index (κ2) is 9.53. The van der Waals surface area contributed by atoms with Crippen LogP contribution in [0.5, 0.6) is 0 Å². The first kappa shape index (κ1) is 26.9. The number of aliphatic hydroxyl groups excluding tert-OH is 4. The zero-order valence-corrected chi connectivity index (χ0v) is 22.3. The molecule has 4 aliphatic heterocycles. The highest BCUT2D eigenvalue weighted by Gasteiger charge is 2.94. The van der Waals surface area contributed by atoms with Crippen molar-refractivity contribution in [3.63, 3.8) is 0 Å². The zero-order valence-electron chi connectivity index (χ0n) is 22.3. The molecule has 216 valence electrons. The molecule has 3 saturated carbocycles. The summed E-state index contributed by atoms with van der Waals surface area (Å²) in [5.41, 5.74) is -0.922.